The van der Waals surface area contributed by atoms with Gasteiger partial charge in [0.15, 0.2) is 23.9 Å². The molecule has 242 valence electrons. The summed E-state index contributed by atoms with van der Waals surface area (Å²) in [6.07, 6.45) is -17.1. The molecule has 17 heteroatoms. The van der Waals surface area contributed by atoms with Crippen LogP contribution in [-0.2, 0) is 14.2 Å². The second-order valence-corrected chi connectivity index (χ2v) is 10.1. The molecule has 2 aliphatic heterocycles. The molecule has 0 bridgehead atoms. The number of aromatic hydroxyl groups is 4. The van der Waals surface area contributed by atoms with E-state index >= 15 is 0 Å². The van der Waals surface area contributed by atoms with Gasteiger partial charge in [-0.05, 0) is 12.1 Å². The third kappa shape index (κ3) is 6.28. The minimum absolute atomic E-state index is 0. The van der Waals surface area contributed by atoms with Crippen molar-refractivity contribution >= 4 is 11.0 Å². The molecule has 2 aromatic carbocycles. The first kappa shape index (κ1) is 33.6. The molecule has 3 aromatic rings. The van der Waals surface area contributed by atoms with E-state index in [4.69, 9.17) is 23.4 Å². The van der Waals surface area contributed by atoms with E-state index in [1.807, 2.05) is 0 Å². The second kappa shape index (κ2) is 13.4. The Morgan fingerprint density at radius 3 is 1.95 bits per heavy atom. The van der Waals surface area contributed by atoms with E-state index in [0.717, 1.165) is 18.2 Å². The summed E-state index contributed by atoms with van der Waals surface area (Å²) in [7, 11) is 0. The standard InChI is InChI=1S/C27H30O16.ClH/c28-7-17-19(34)21(36)23(38)26(41-17)43-25-22(37)20(35)18(8-29)42-27(25)40-16-6-11-13(32)4-10(30)5-15(11)39-24(16)9-1-2-12(31)14(33)3-9;/h1-6,17-23,25-29,34-38H,7-8H2,(H3-,30,31,32,33);1H/t17-,18-,19-,20+,21+,22+,23-,25-,26+,27-;/m1./s1. The van der Waals surface area contributed by atoms with Gasteiger partial charge in [0.2, 0.25) is 12.0 Å². The number of phenols is 4. The van der Waals surface area contributed by atoms with Crippen molar-refractivity contribution in [3.63, 3.8) is 0 Å². The molecular weight excluding hydrogens is 616 g/mol. The maximum Gasteiger partial charge on any atom is 0.402 e. The largest absolute Gasteiger partial charge is 1.00 e. The monoisotopic (exact) mass is 646 g/mol. The van der Waals surface area contributed by atoms with Crippen LogP contribution >= 0.6 is 0 Å². The van der Waals surface area contributed by atoms with Crippen LogP contribution in [0, 0.1) is 0 Å². The van der Waals surface area contributed by atoms with Gasteiger partial charge in [0.05, 0.1) is 24.8 Å². The molecule has 0 radical (unpaired) electrons. The first-order valence-corrected chi connectivity index (χ1v) is 13.0. The lowest BCUT2D eigenvalue weighted by atomic mass is 9.97. The number of phenolic OH excluding ortho intramolecular Hbond substituents is 4. The summed E-state index contributed by atoms with van der Waals surface area (Å²) in [5, 5.41) is 112. The number of ether oxygens (including phenoxy) is 4. The van der Waals surface area contributed by atoms with Crippen LogP contribution in [-0.4, -0.2) is 131 Å². The van der Waals surface area contributed by atoms with Crippen molar-refractivity contribution in [3.8, 4) is 40.1 Å². The van der Waals surface area contributed by atoms with Crippen LogP contribution in [0.15, 0.2) is 40.8 Å². The van der Waals surface area contributed by atoms with E-state index in [0.29, 0.717) is 0 Å². The van der Waals surface area contributed by atoms with Gasteiger partial charge in [0.25, 0.3) is 0 Å². The Bertz CT molecular complexity index is 1460. The molecule has 2 fully saturated rings. The van der Waals surface area contributed by atoms with Gasteiger partial charge in [-0.1, -0.05) is 0 Å². The molecular formula is C27H31ClO16. The predicted molar refractivity (Wildman–Crippen MR) is 140 cm³/mol. The van der Waals surface area contributed by atoms with Crippen molar-refractivity contribution < 1.29 is 91.9 Å². The maximum atomic E-state index is 10.9. The van der Waals surface area contributed by atoms with Crippen LogP contribution in [0.25, 0.3) is 22.3 Å². The summed E-state index contributed by atoms with van der Waals surface area (Å²) in [6, 6.07) is 7.08. The number of benzene rings is 2. The van der Waals surface area contributed by atoms with Crippen LogP contribution in [0.3, 0.4) is 0 Å². The highest BCUT2D eigenvalue weighted by molar-refractivity contribution is 5.88. The highest BCUT2D eigenvalue weighted by Crippen LogP contribution is 2.42. The molecule has 2 saturated heterocycles. The number of hydrogen-bond donors (Lipinski definition) is 11. The van der Waals surface area contributed by atoms with Crippen molar-refractivity contribution in [2.75, 3.05) is 13.2 Å². The van der Waals surface area contributed by atoms with Crippen LogP contribution in [0.1, 0.15) is 0 Å². The Kier molecular flexibility index (Phi) is 10.2. The van der Waals surface area contributed by atoms with E-state index in [2.05, 4.69) is 0 Å². The van der Waals surface area contributed by atoms with Crippen molar-refractivity contribution in [1.82, 2.24) is 0 Å². The van der Waals surface area contributed by atoms with Gasteiger partial charge in [0.1, 0.15) is 59.6 Å². The lowest BCUT2D eigenvalue weighted by molar-refractivity contribution is -0.357. The summed E-state index contributed by atoms with van der Waals surface area (Å²) >= 11 is 0. The quantitative estimate of drug-likeness (QED) is 0.0849. The van der Waals surface area contributed by atoms with E-state index in [-0.39, 0.29) is 46.2 Å². The van der Waals surface area contributed by atoms with Gasteiger partial charge in [-0.3, -0.25) is 0 Å². The number of aliphatic hydroxyl groups excluding tert-OH is 7. The normalized spacial score (nSPS) is 32.2. The number of rotatable bonds is 7. The second-order valence-electron chi connectivity index (χ2n) is 10.1. The van der Waals surface area contributed by atoms with Crippen LogP contribution in [0.5, 0.6) is 28.7 Å². The molecule has 0 saturated carbocycles. The fourth-order valence-corrected chi connectivity index (χ4v) is 4.89. The molecule has 11 N–H and O–H groups in total. The summed E-state index contributed by atoms with van der Waals surface area (Å²) in [5.74, 6) is -2.13. The van der Waals surface area contributed by atoms with Crippen LogP contribution < -0.4 is 17.1 Å². The average Bonchev–Trinajstić information content (AvgIpc) is 2.98. The summed E-state index contributed by atoms with van der Waals surface area (Å²) < 4.78 is 28.6. The first-order chi connectivity index (χ1) is 20.4. The van der Waals surface area contributed by atoms with Crippen molar-refractivity contribution in [3.05, 3.63) is 36.4 Å². The zero-order valence-corrected chi connectivity index (χ0v) is 23.2. The number of fused-ring (bicyclic) bond motifs is 1. The van der Waals surface area contributed by atoms with Crippen molar-refractivity contribution in [2.24, 2.45) is 0 Å². The zero-order chi connectivity index (χ0) is 31.2. The van der Waals surface area contributed by atoms with E-state index < -0.39 is 91.9 Å². The van der Waals surface area contributed by atoms with E-state index in [1.165, 1.54) is 18.2 Å². The van der Waals surface area contributed by atoms with Crippen LogP contribution in [0.4, 0.5) is 0 Å². The molecule has 0 spiro atoms. The lowest BCUT2D eigenvalue weighted by Crippen LogP contribution is -3.00. The average molecular weight is 647 g/mol. The van der Waals surface area contributed by atoms with Crippen LogP contribution in [0.2, 0.25) is 0 Å². The minimum Gasteiger partial charge on any atom is -1.00 e. The molecule has 5 rings (SSSR count). The summed E-state index contributed by atoms with van der Waals surface area (Å²) in [5.41, 5.74) is 0.0892. The number of hydrogen-bond acceptors (Lipinski definition) is 15. The summed E-state index contributed by atoms with van der Waals surface area (Å²) in [6.45, 7) is -1.56. The molecule has 0 amide bonds. The molecule has 16 nitrogen and oxygen atoms in total. The van der Waals surface area contributed by atoms with Gasteiger partial charge in [-0.15, -0.1) is 0 Å². The molecule has 3 heterocycles. The number of aliphatic hydroxyl groups is 7. The number of halogens is 1. The van der Waals surface area contributed by atoms with Gasteiger partial charge in [0, 0.05) is 18.2 Å². The molecule has 44 heavy (non-hydrogen) atoms. The SMILES string of the molecule is OC[C@H]1O[C@@H](Oc2cc3c(O)cc(O)cc3[o+]c2-c2ccc(O)c(O)c2)[C@H](O[C@@H]2O[C@H](CO)[C@@H](O)[C@H](O)[C@H]2O)[C@@H](O)[C@H]1O.[Cl-]. The van der Waals surface area contributed by atoms with Gasteiger partial charge < -0.3 is 87.5 Å². The van der Waals surface area contributed by atoms with Gasteiger partial charge in [-0.25, -0.2) is 4.42 Å². The smallest absolute Gasteiger partial charge is 0.402 e. The molecule has 1 aromatic heterocycles. The fourth-order valence-electron chi connectivity index (χ4n) is 4.89. The zero-order valence-electron chi connectivity index (χ0n) is 22.5. The fraction of sp³-hybridized carbons (Fsp3) is 0.444. The first-order valence-electron chi connectivity index (χ1n) is 13.0. The Morgan fingerprint density at radius 2 is 1.32 bits per heavy atom. The third-order valence-electron chi connectivity index (χ3n) is 7.26. The van der Waals surface area contributed by atoms with Crippen molar-refractivity contribution in [1.29, 1.82) is 0 Å². The lowest BCUT2D eigenvalue weighted by Gasteiger charge is -2.45. The topological polar surface area (TPSA) is 271 Å². The Balaban J connectivity index is 0.00000442. The Morgan fingerprint density at radius 1 is 0.682 bits per heavy atom. The molecule has 0 aliphatic carbocycles. The van der Waals surface area contributed by atoms with Crippen molar-refractivity contribution in [2.45, 2.75) is 61.4 Å². The molecule has 0 unspecified atom stereocenters. The van der Waals surface area contributed by atoms with E-state index in [9.17, 15) is 56.2 Å². The Labute approximate surface area is 254 Å². The van der Waals surface area contributed by atoms with Gasteiger partial charge in [-0.2, -0.15) is 0 Å². The minimum atomic E-state index is -1.89. The van der Waals surface area contributed by atoms with E-state index in [1.54, 1.807) is 0 Å². The molecule has 2 aliphatic rings. The maximum absolute atomic E-state index is 10.9. The highest BCUT2D eigenvalue weighted by Gasteiger charge is 2.51. The van der Waals surface area contributed by atoms with Gasteiger partial charge >= 0.3 is 11.3 Å². The Hall–Kier alpha value is -3.26. The third-order valence-corrected chi connectivity index (χ3v) is 7.26. The summed E-state index contributed by atoms with van der Waals surface area (Å²) in [4.78, 5) is 0. The predicted octanol–water partition coefficient (Wildman–Crippen LogP) is -4.79. The molecule has 10 atom stereocenters. The highest BCUT2D eigenvalue weighted by atomic mass is 35.5.